The van der Waals surface area contributed by atoms with Crippen molar-refractivity contribution >= 4 is 23.1 Å². The van der Waals surface area contributed by atoms with Gasteiger partial charge in [0.2, 0.25) is 5.91 Å². The lowest BCUT2D eigenvalue weighted by Crippen LogP contribution is -2.08. The highest BCUT2D eigenvalue weighted by molar-refractivity contribution is 7.11. The van der Waals surface area contributed by atoms with Gasteiger partial charge in [-0.1, -0.05) is 0 Å². The summed E-state index contributed by atoms with van der Waals surface area (Å²) in [6.45, 7) is 3.41. The third kappa shape index (κ3) is 4.65. The minimum atomic E-state index is -0.139. The zero-order valence-corrected chi connectivity index (χ0v) is 12.4. The maximum absolute atomic E-state index is 10.9. The summed E-state index contributed by atoms with van der Waals surface area (Å²) in [5.74, 6) is 0.352. The molecule has 2 rings (SSSR count). The fourth-order valence-corrected chi connectivity index (χ4v) is 2.51. The molecule has 0 aliphatic heterocycles. The van der Waals surface area contributed by atoms with Crippen molar-refractivity contribution in [3.8, 4) is 0 Å². The van der Waals surface area contributed by atoms with Crippen LogP contribution >= 0.6 is 11.3 Å². The minimum Gasteiger partial charge on any atom is -0.309 e. The Kier molecular flexibility index (Phi) is 5.11. The second-order valence-electron chi connectivity index (χ2n) is 4.51. The largest absolute Gasteiger partial charge is 0.309 e. The molecule has 2 aromatic heterocycles. The van der Waals surface area contributed by atoms with Gasteiger partial charge >= 0.3 is 0 Å². The number of hydrogen-bond donors (Lipinski definition) is 1. The molecular formula is C13H17N5OS. The molecule has 1 amide bonds. The molecular weight excluding hydrogens is 274 g/mol. The zero-order chi connectivity index (χ0) is 14.4. The Morgan fingerprint density at radius 1 is 1.15 bits per heavy atom. The Morgan fingerprint density at radius 2 is 1.95 bits per heavy atom. The van der Waals surface area contributed by atoms with Crippen LogP contribution in [0.15, 0.2) is 12.1 Å². The summed E-state index contributed by atoms with van der Waals surface area (Å²) >= 11 is 1.65. The summed E-state index contributed by atoms with van der Waals surface area (Å²) in [7, 11) is 0. The molecule has 0 fully saturated rings. The topological polar surface area (TPSA) is 80.7 Å². The van der Waals surface area contributed by atoms with Crippen molar-refractivity contribution in [2.75, 3.05) is 5.32 Å². The van der Waals surface area contributed by atoms with Crippen molar-refractivity contribution in [3.63, 3.8) is 0 Å². The van der Waals surface area contributed by atoms with Crippen molar-refractivity contribution < 1.29 is 4.79 Å². The van der Waals surface area contributed by atoms with Crippen LogP contribution in [-0.4, -0.2) is 26.3 Å². The number of aromatic nitrogens is 4. The molecule has 106 valence electrons. The van der Waals surface area contributed by atoms with Crippen LogP contribution in [0.2, 0.25) is 0 Å². The third-order valence-corrected chi connectivity index (χ3v) is 3.56. The summed E-state index contributed by atoms with van der Waals surface area (Å²) in [5, 5.41) is 20.8. The standard InChI is InChI=1S/C13H17N5OS/c1-9(19)14-12-8-7-11(16-17-12)5-3-4-6-13-18-15-10(2)20-13/h7-8H,3-6H2,1-2H3,(H,14,17,19). The van der Waals surface area contributed by atoms with Crippen molar-refractivity contribution in [1.29, 1.82) is 0 Å². The van der Waals surface area contributed by atoms with Gasteiger partial charge in [-0.2, -0.15) is 5.10 Å². The lowest BCUT2D eigenvalue weighted by atomic mass is 10.1. The highest BCUT2D eigenvalue weighted by Crippen LogP contribution is 2.12. The van der Waals surface area contributed by atoms with E-state index in [1.165, 1.54) is 6.92 Å². The lowest BCUT2D eigenvalue weighted by Gasteiger charge is -2.02. The number of carbonyl (C=O) groups is 1. The Balaban J connectivity index is 1.72. The fourth-order valence-electron chi connectivity index (χ4n) is 1.76. The average molecular weight is 291 g/mol. The van der Waals surface area contributed by atoms with E-state index in [0.717, 1.165) is 41.4 Å². The minimum absolute atomic E-state index is 0.139. The van der Waals surface area contributed by atoms with Gasteiger partial charge in [-0.3, -0.25) is 4.79 Å². The van der Waals surface area contributed by atoms with Gasteiger partial charge in [0.05, 0.1) is 5.69 Å². The molecule has 0 saturated heterocycles. The molecule has 1 N–H and O–H groups in total. The molecule has 2 heterocycles. The van der Waals surface area contributed by atoms with Gasteiger partial charge in [0, 0.05) is 13.3 Å². The summed E-state index contributed by atoms with van der Waals surface area (Å²) in [6, 6.07) is 3.67. The van der Waals surface area contributed by atoms with Crippen molar-refractivity contribution in [1.82, 2.24) is 20.4 Å². The molecule has 20 heavy (non-hydrogen) atoms. The number of unbranched alkanes of at least 4 members (excludes halogenated alkanes) is 1. The van der Waals surface area contributed by atoms with Gasteiger partial charge < -0.3 is 5.32 Å². The molecule has 0 spiro atoms. The van der Waals surface area contributed by atoms with E-state index in [1.807, 2.05) is 13.0 Å². The maximum atomic E-state index is 10.9. The number of nitrogens with zero attached hydrogens (tertiary/aromatic N) is 4. The van der Waals surface area contributed by atoms with Crippen LogP contribution in [0.5, 0.6) is 0 Å². The first-order valence-corrected chi connectivity index (χ1v) is 7.34. The van der Waals surface area contributed by atoms with Crippen LogP contribution < -0.4 is 5.32 Å². The number of carbonyl (C=O) groups excluding carboxylic acids is 1. The SMILES string of the molecule is CC(=O)Nc1ccc(CCCCc2nnc(C)s2)nn1. The van der Waals surface area contributed by atoms with Crippen LogP contribution in [0, 0.1) is 6.92 Å². The Morgan fingerprint density at radius 3 is 2.55 bits per heavy atom. The second-order valence-corrected chi connectivity index (χ2v) is 5.78. The average Bonchev–Trinajstić information content (AvgIpc) is 2.82. The van der Waals surface area contributed by atoms with Gasteiger partial charge in [-0.15, -0.1) is 26.6 Å². The quantitative estimate of drug-likeness (QED) is 0.825. The van der Waals surface area contributed by atoms with Crippen LogP contribution in [0.4, 0.5) is 5.82 Å². The van der Waals surface area contributed by atoms with Crippen LogP contribution in [-0.2, 0) is 17.6 Å². The van der Waals surface area contributed by atoms with Crippen molar-refractivity contribution in [3.05, 3.63) is 27.8 Å². The molecule has 0 unspecified atom stereocenters. The maximum Gasteiger partial charge on any atom is 0.222 e. The number of hydrogen-bond acceptors (Lipinski definition) is 6. The number of nitrogens with one attached hydrogen (secondary N) is 1. The van der Waals surface area contributed by atoms with Gasteiger partial charge in [0.1, 0.15) is 10.0 Å². The van der Waals surface area contributed by atoms with Crippen molar-refractivity contribution in [2.24, 2.45) is 0 Å². The van der Waals surface area contributed by atoms with E-state index in [0.29, 0.717) is 5.82 Å². The van der Waals surface area contributed by atoms with Crippen LogP contribution in [0.1, 0.15) is 35.5 Å². The van der Waals surface area contributed by atoms with Crippen LogP contribution in [0.3, 0.4) is 0 Å². The third-order valence-electron chi connectivity index (χ3n) is 2.67. The predicted octanol–water partition coefficient (Wildman–Crippen LogP) is 2.16. The second kappa shape index (κ2) is 7.04. The normalized spacial score (nSPS) is 10.5. The predicted molar refractivity (Wildman–Crippen MR) is 77.6 cm³/mol. The molecule has 0 saturated carbocycles. The molecule has 2 aromatic rings. The van der Waals surface area contributed by atoms with E-state index in [1.54, 1.807) is 17.4 Å². The highest BCUT2D eigenvalue weighted by atomic mass is 32.1. The smallest absolute Gasteiger partial charge is 0.222 e. The number of rotatable bonds is 6. The van der Waals surface area contributed by atoms with Gasteiger partial charge in [0.25, 0.3) is 0 Å². The molecule has 0 aromatic carbocycles. The van der Waals surface area contributed by atoms with E-state index in [2.05, 4.69) is 25.7 Å². The first kappa shape index (κ1) is 14.5. The first-order valence-electron chi connectivity index (χ1n) is 6.52. The van der Waals surface area contributed by atoms with E-state index >= 15 is 0 Å². The fraction of sp³-hybridized carbons (Fsp3) is 0.462. The molecule has 0 atom stereocenters. The molecule has 0 bridgehead atoms. The van der Waals surface area contributed by atoms with E-state index in [9.17, 15) is 4.79 Å². The molecule has 0 radical (unpaired) electrons. The molecule has 0 aliphatic rings. The number of aryl methyl sites for hydroxylation is 3. The van der Waals surface area contributed by atoms with Crippen LogP contribution in [0.25, 0.3) is 0 Å². The summed E-state index contributed by atoms with van der Waals surface area (Å²) in [4.78, 5) is 10.9. The molecule has 0 aliphatic carbocycles. The summed E-state index contributed by atoms with van der Waals surface area (Å²) in [6.07, 6.45) is 3.94. The Bertz CT molecular complexity index is 566. The van der Waals surface area contributed by atoms with Gasteiger partial charge in [-0.25, -0.2) is 0 Å². The number of anilines is 1. The van der Waals surface area contributed by atoms with Gasteiger partial charge in [0.15, 0.2) is 5.82 Å². The number of amides is 1. The Hall–Kier alpha value is -1.89. The Labute approximate surface area is 121 Å². The zero-order valence-electron chi connectivity index (χ0n) is 11.6. The molecule has 6 nitrogen and oxygen atoms in total. The summed E-state index contributed by atoms with van der Waals surface area (Å²) in [5.41, 5.74) is 0.938. The first-order chi connectivity index (χ1) is 9.63. The van der Waals surface area contributed by atoms with E-state index < -0.39 is 0 Å². The molecule has 7 heteroatoms. The van der Waals surface area contributed by atoms with E-state index in [4.69, 9.17) is 0 Å². The highest BCUT2D eigenvalue weighted by Gasteiger charge is 2.02. The monoisotopic (exact) mass is 291 g/mol. The summed E-state index contributed by atoms with van der Waals surface area (Å²) < 4.78 is 0. The van der Waals surface area contributed by atoms with Crippen molar-refractivity contribution in [2.45, 2.75) is 39.5 Å². The van der Waals surface area contributed by atoms with E-state index in [-0.39, 0.29) is 5.91 Å². The lowest BCUT2D eigenvalue weighted by molar-refractivity contribution is -0.114. The van der Waals surface area contributed by atoms with Gasteiger partial charge in [-0.05, 0) is 38.3 Å².